The van der Waals surface area contributed by atoms with E-state index in [9.17, 15) is 13.6 Å². The summed E-state index contributed by atoms with van der Waals surface area (Å²) < 4.78 is 29.2. The Morgan fingerprint density at radius 2 is 1.94 bits per heavy atom. The molecule has 4 N–H and O–H groups in total. The fraction of sp³-hybridized carbons (Fsp3) is 0.222. The van der Waals surface area contributed by atoms with Crippen LogP contribution in [-0.2, 0) is 8.53 Å². The number of amides is 1. The number of hydrogen-bond acceptors (Lipinski definition) is 3. The van der Waals surface area contributed by atoms with Crippen molar-refractivity contribution < 1.29 is 21.8 Å². The van der Waals surface area contributed by atoms with Gasteiger partial charge in [0.2, 0.25) is 0 Å². The van der Waals surface area contributed by atoms with Gasteiger partial charge >= 0.3 is 94.6 Å². The van der Waals surface area contributed by atoms with E-state index in [4.69, 9.17) is 8.19 Å². The van der Waals surface area contributed by atoms with Crippen molar-refractivity contribution in [2.24, 2.45) is 0 Å². The second kappa shape index (κ2) is 4.33. The van der Waals surface area contributed by atoms with Crippen LogP contribution in [0.25, 0.3) is 0 Å². The first-order valence-corrected chi connectivity index (χ1v) is 7.77. The Morgan fingerprint density at radius 3 is 2.38 bits per heavy atom. The maximum atomic E-state index is 11.2. The summed E-state index contributed by atoms with van der Waals surface area (Å²) in [6, 6.07) is 2.57. The minimum absolute atomic E-state index is 0.217. The van der Waals surface area contributed by atoms with Crippen molar-refractivity contribution in [3.8, 4) is 5.75 Å². The van der Waals surface area contributed by atoms with Gasteiger partial charge in [0, 0.05) is 0 Å². The molecule has 0 saturated carbocycles. The Labute approximate surface area is 94.9 Å². The molecule has 0 bridgehead atoms. The van der Waals surface area contributed by atoms with Crippen molar-refractivity contribution in [2.45, 2.75) is 13.8 Å². The van der Waals surface area contributed by atoms with Crippen molar-refractivity contribution in [1.29, 1.82) is 0 Å². The molecule has 0 saturated heterocycles. The molecule has 1 aromatic carbocycles. The van der Waals surface area contributed by atoms with Crippen LogP contribution in [0, 0.1) is 6.92 Å². The number of carbonyl (C=O) groups is 1. The number of anilines is 1. The molecule has 0 fully saturated rings. The topological polar surface area (TPSA) is 107 Å². The van der Waals surface area contributed by atoms with Crippen molar-refractivity contribution in [2.75, 3.05) is 5.32 Å². The first kappa shape index (κ1) is 12.8. The third-order valence-electron chi connectivity index (χ3n) is 1.86. The molecule has 0 atom stereocenters. The van der Waals surface area contributed by atoms with Crippen LogP contribution in [0.2, 0.25) is 0 Å². The van der Waals surface area contributed by atoms with E-state index in [2.05, 4.69) is 5.32 Å². The van der Waals surface area contributed by atoms with Gasteiger partial charge in [-0.25, -0.2) is 0 Å². The quantitative estimate of drug-likeness (QED) is 0.422. The second-order valence-electron chi connectivity index (χ2n) is 3.40. The van der Waals surface area contributed by atoms with Gasteiger partial charge in [-0.05, 0) is 0 Å². The van der Waals surface area contributed by atoms with Gasteiger partial charge in [0.15, 0.2) is 0 Å². The van der Waals surface area contributed by atoms with Crippen molar-refractivity contribution in [3.05, 3.63) is 17.7 Å². The predicted molar refractivity (Wildman–Crippen MR) is 57.7 cm³/mol. The maximum absolute atomic E-state index is 11.2. The van der Waals surface area contributed by atoms with E-state index in [0.29, 0.717) is 5.56 Å². The van der Waals surface area contributed by atoms with Gasteiger partial charge < -0.3 is 0 Å². The Hall–Kier alpha value is -1.23. The molecule has 1 aromatic rings. The number of aromatic hydroxyl groups is 1. The Kier molecular flexibility index (Phi) is 3.47. The number of benzene rings is 1. The summed E-state index contributed by atoms with van der Waals surface area (Å²) in [5, 5.41) is 11.7. The van der Waals surface area contributed by atoms with E-state index in [1.54, 1.807) is 6.92 Å². The number of rotatable bonds is 2. The number of carbonyl (C=O) groups excluding carboxylic acids is 1. The molecule has 0 aliphatic heterocycles. The molecular formula is C9H12AsNO5. The fourth-order valence-electron chi connectivity index (χ4n) is 1.28. The summed E-state index contributed by atoms with van der Waals surface area (Å²) in [5.74, 6) is -0.862. The van der Waals surface area contributed by atoms with E-state index in [0.717, 1.165) is 0 Å². The first-order valence-electron chi connectivity index (χ1n) is 4.39. The molecule has 88 valence electrons. The Morgan fingerprint density at radius 1 is 1.38 bits per heavy atom. The molecule has 1 amide bonds. The van der Waals surface area contributed by atoms with E-state index in [1.807, 2.05) is 0 Å². The number of phenols is 1. The molecule has 7 heteroatoms. The molecule has 0 aliphatic carbocycles. The van der Waals surface area contributed by atoms with Gasteiger partial charge in [-0.2, -0.15) is 0 Å². The van der Waals surface area contributed by atoms with Crippen LogP contribution in [0.1, 0.15) is 12.5 Å². The third kappa shape index (κ3) is 2.88. The Bertz CT molecular complexity index is 479. The van der Waals surface area contributed by atoms with E-state index >= 15 is 0 Å². The van der Waals surface area contributed by atoms with Gasteiger partial charge in [0.05, 0.1) is 0 Å². The van der Waals surface area contributed by atoms with Crippen LogP contribution in [-0.4, -0.2) is 33.4 Å². The molecule has 16 heavy (non-hydrogen) atoms. The average Bonchev–Trinajstić information content (AvgIpc) is 2.06. The van der Waals surface area contributed by atoms with Crippen molar-refractivity contribution >= 4 is 30.1 Å². The zero-order chi connectivity index (χ0) is 12.5. The molecule has 0 heterocycles. The number of nitrogens with one attached hydrogen (secondary N) is 1. The number of phenolic OH excluding ortho intramolecular Hbond substituents is 1. The van der Waals surface area contributed by atoms with Gasteiger partial charge in [-0.1, -0.05) is 0 Å². The van der Waals surface area contributed by atoms with Gasteiger partial charge in [-0.3, -0.25) is 0 Å². The zero-order valence-corrected chi connectivity index (χ0v) is 10.6. The average molecular weight is 289 g/mol. The standard InChI is InChI=1S/C9H12AsNO5/c1-5-3-7(10(14,15)16)9(8(13)4-5)11-6(2)12/h3-4,13H,1-2H3,(H,11,12)(H2,14,15,16). The molecule has 6 nitrogen and oxygen atoms in total. The number of hydrogen-bond donors (Lipinski definition) is 4. The van der Waals surface area contributed by atoms with E-state index < -0.39 is 20.1 Å². The molecule has 0 radical (unpaired) electrons. The number of aryl methyl sites for hydroxylation is 1. The summed E-state index contributed by atoms with van der Waals surface area (Å²) in [7, 11) is 0. The van der Waals surface area contributed by atoms with Gasteiger partial charge in [-0.15, -0.1) is 0 Å². The predicted octanol–water partition coefficient (Wildman–Crippen LogP) is -0.780. The monoisotopic (exact) mass is 289 g/mol. The Balaban J connectivity index is 3.44. The first-order chi connectivity index (χ1) is 7.21. The fourth-order valence-corrected chi connectivity index (χ4v) is 3.03. The third-order valence-corrected chi connectivity index (χ3v) is 3.91. The summed E-state index contributed by atoms with van der Waals surface area (Å²) in [4.78, 5) is 10.9. The molecule has 0 aliphatic rings. The molecule has 0 unspecified atom stereocenters. The van der Waals surface area contributed by atoms with E-state index in [1.165, 1.54) is 19.1 Å². The second-order valence-corrected chi connectivity index (χ2v) is 6.70. The zero-order valence-electron chi connectivity index (χ0n) is 8.76. The van der Waals surface area contributed by atoms with Crippen LogP contribution < -0.4 is 9.67 Å². The van der Waals surface area contributed by atoms with E-state index in [-0.39, 0.29) is 15.8 Å². The summed E-state index contributed by atoms with van der Waals surface area (Å²) in [6.07, 6.45) is 0. The summed E-state index contributed by atoms with van der Waals surface area (Å²) in [5.41, 5.74) is 0.289. The van der Waals surface area contributed by atoms with Gasteiger partial charge in [0.1, 0.15) is 0 Å². The van der Waals surface area contributed by atoms with Crippen molar-refractivity contribution in [1.82, 2.24) is 0 Å². The van der Waals surface area contributed by atoms with Crippen LogP contribution >= 0.6 is 0 Å². The van der Waals surface area contributed by atoms with Crippen LogP contribution in [0.4, 0.5) is 5.69 Å². The molecule has 1 rings (SSSR count). The van der Waals surface area contributed by atoms with Crippen LogP contribution in [0.3, 0.4) is 0 Å². The summed E-state index contributed by atoms with van der Waals surface area (Å²) >= 11 is -5.18. The van der Waals surface area contributed by atoms with Crippen molar-refractivity contribution in [3.63, 3.8) is 0 Å². The molecule has 0 aromatic heterocycles. The normalized spacial score (nSPS) is 11.2. The van der Waals surface area contributed by atoms with Crippen LogP contribution in [0.5, 0.6) is 5.75 Å². The minimum atomic E-state index is -5.18. The van der Waals surface area contributed by atoms with Crippen LogP contribution in [0.15, 0.2) is 12.1 Å². The molecular weight excluding hydrogens is 277 g/mol. The SMILES string of the molecule is CC(=O)Nc1c(O)cc(C)cc1[As](=O)(O)O. The molecule has 0 spiro atoms. The summed E-state index contributed by atoms with van der Waals surface area (Å²) in [6.45, 7) is 2.78. The van der Waals surface area contributed by atoms with Gasteiger partial charge in [0.25, 0.3) is 0 Å².